The molecule has 2 aromatic rings. The van der Waals surface area contributed by atoms with Crippen molar-refractivity contribution in [2.75, 3.05) is 6.54 Å². The standard InChI is InChI=1S/C25H35ClF2N4O4S/c1-5-32-22(18-11-8-16(13-25(2,3)4)12-19(18)36-24(27)28)20(26)21(30-32)23(33)29-14-15-6-9-17(10-7-15)31-37(34)35/h8,11-12,15,17,24,31H,5-7,9-10,13-14H2,1-4H3,(H,29,33)(H,34,35). The van der Waals surface area contributed by atoms with Gasteiger partial charge in [-0.05, 0) is 68.1 Å². The van der Waals surface area contributed by atoms with Crippen LogP contribution >= 0.6 is 11.6 Å². The second-order valence-corrected chi connectivity index (χ2v) is 11.7. The number of aromatic nitrogens is 2. The zero-order valence-corrected chi connectivity index (χ0v) is 23.1. The average molecular weight is 561 g/mol. The SMILES string of the molecule is CCn1nc(C(=O)NCC2CCC(NS(=O)O)CC2)c(Cl)c1-c1ccc(CC(C)(C)C)cc1OC(F)F. The zero-order valence-electron chi connectivity index (χ0n) is 21.5. The van der Waals surface area contributed by atoms with Gasteiger partial charge in [0.1, 0.15) is 5.75 Å². The first kappa shape index (κ1) is 29.5. The number of rotatable bonds is 10. The van der Waals surface area contributed by atoms with Crippen molar-refractivity contribution in [1.29, 1.82) is 0 Å². The maximum Gasteiger partial charge on any atom is 0.387 e. The summed E-state index contributed by atoms with van der Waals surface area (Å²) >= 11 is 4.60. The molecule has 1 fully saturated rings. The van der Waals surface area contributed by atoms with E-state index in [2.05, 4.69) is 35.9 Å². The van der Waals surface area contributed by atoms with Gasteiger partial charge in [0.15, 0.2) is 5.69 Å². The Bertz CT molecular complexity index is 1110. The Hall–Kier alpha value is -2.08. The number of aryl methyl sites for hydroxylation is 1. The molecule has 0 bridgehead atoms. The van der Waals surface area contributed by atoms with Crippen LogP contribution in [0.1, 0.15) is 69.4 Å². The number of nitrogens with one attached hydrogen (secondary N) is 2. The number of amides is 1. The number of nitrogens with zero attached hydrogens (tertiary/aromatic N) is 2. The summed E-state index contributed by atoms with van der Waals surface area (Å²) in [6.07, 6.45) is 3.73. The molecule has 1 atom stereocenters. The van der Waals surface area contributed by atoms with Gasteiger partial charge in [0.25, 0.3) is 5.91 Å². The van der Waals surface area contributed by atoms with E-state index in [1.54, 1.807) is 12.1 Å². The fourth-order valence-electron chi connectivity index (χ4n) is 4.70. The summed E-state index contributed by atoms with van der Waals surface area (Å²) in [5.74, 6) is -0.243. The number of halogens is 3. The van der Waals surface area contributed by atoms with Crippen LogP contribution in [0, 0.1) is 11.3 Å². The Kier molecular flexibility index (Phi) is 10.1. The molecule has 37 heavy (non-hydrogen) atoms. The molecule has 3 rings (SSSR count). The summed E-state index contributed by atoms with van der Waals surface area (Å²) in [7, 11) is 0. The van der Waals surface area contributed by atoms with Crippen LogP contribution in [-0.4, -0.2) is 43.6 Å². The van der Waals surface area contributed by atoms with Gasteiger partial charge in [-0.25, -0.2) is 8.93 Å². The minimum Gasteiger partial charge on any atom is -0.434 e. The highest BCUT2D eigenvalue weighted by Crippen LogP contribution is 2.39. The topological polar surface area (TPSA) is 105 Å². The smallest absolute Gasteiger partial charge is 0.387 e. The molecule has 1 aromatic heterocycles. The first-order chi connectivity index (χ1) is 17.4. The molecule has 1 saturated carbocycles. The first-order valence-corrected chi connectivity index (χ1v) is 13.9. The average Bonchev–Trinajstić information content (AvgIpc) is 3.13. The Labute approximate surface area is 223 Å². The molecule has 1 aliphatic rings. The Balaban J connectivity index is 1.80. The number of carbonyl (C=O) groups is 1. The van der Waals surface area contributed by atoms with E-state index in [9.17, 15) is 17.8 Å². The third-order valence-corrected chi connectivity index (χ3v) is 7.22. The van der Waals surface area contributed by atoms with Gasteiger partial charge < -0.3 is 10.1 Å². The molecule has 1 aromatic carbocycles. The predicted molar refractivity (Wildman–Crippen MR) is 140 cm³/mol. The molecule has 0 aliphatic heterocycles. The van der Waals surface area contributed by atoms with Gasteiger partial charge >= 0.3 is 6.61 Å². The largest absolute Gasteiger partial charge is 0.434 e. The maximum atomic E-state index is 13.3. The number of carbonyl (C=O) groups excluding carboxylic acids is 1. The molecule has 0 saturated heterocycles. The van der Waals surface area contributed by atoms with Crippen molar-refractivity contribution in [2.24, 2.45) is 11.3 Å². The number of benzene rings is 1. The first-order valence-electron chi connectivity index (χ1n) is 12.4. The molecular weight excluding hydrogens is 526 g/mol. The van der Waals surface area contributed by atoms with Gasteiger partial charge in [0.05, 0.1) is 10.7 Å². The lowest BCUT2D eigenvalue weighted by atomic mass is 9.86. The van der Waals surface area contributed by atoms with Crippen molar-refractivity contribution < 1.29 is 27.1 Å². The van der Waals surface area contributed by atoms with Gasteiger partial charge in [-0.1, -0.05) is 38.4 Å². The lowest BCUT2D eigenvalue weighted by molar-refractivity contribution is -0.0495. The number of alkyl halides is 2. The predicted octanol–water partition coefficient (Wildman–Crippen LogP) is 5.43. The minimum atomic E-state index is -3.02. The quantitative estimate of drug-likeness (QED) is 0.336. The van der Waals surface area contributed by atoms with Crippen molar-refractivity contribution in [2.45, 2.75) is 79.0 Å². The maximum absolute atomic E-state index is 13.3. The van der Waals surface area contributed by atoms with Crippen LogP contribution in [0.3, 0.4) is 0 Å². The Morgan fingerprint density at radius 1 is 1.30 bits per heavy atom. The summed E-state index contributed by atoms with van der Waals surface area (Å²) in [5.41, 5.74) is 1.50. The summed E-state index contributed by atoms with van der Waals surface area (Å²) in [6, 6.07) is 5.10. The van der Waals surface area contributed by atoms with Gasteiger partial charge in [0, 0.05) is 24.7 Å². The van der Waals surface area contributed by atoms with Crippen molar-refractivity contribution in [3.63, 3.8) is 0 Å². The Morgan fingerprint density at radius 2 is 1.97 bits per heavy atom. The normalized spacial score (nSPS) is 19.2. The van der Waals surface area contributed by atoms with E-state index < -0.39 is 23.8 Å². The fourth-order valence-corrected chi connectivity index (χ4v) is 5.54. The lowest BCUT2D eigenvalue weighted by Crippen LogP contribution is -2.37. The van der Waals surface area contributed by atoms with Crippen LogP contribution in [0.5, 0.6) is 5.75 Å². The number of hydrogen-bond donors (Lipinski definition) is 3. The summed E-state index contributed by atoms with van der Waals surface area (Å²) in [4.78, 5) is 13.0. The molecule has 1 amide bonds. The van der Waals surface area contributed by atoms with Crippen molar-refractivity contribution in [1.82, 2.24) is 19.8 Å². The monoisotopic (exact) mass is 560 g/mol. The van der Waals surface area contributed by atoms with E-state index in [0.29, 0.717) is 30.8 Å². The van der Waals surface area contributed by atoms with E-state index in [0.717, 1.165) is 31.2 Å². The molecule has 3 N–H and O–H groups in total. The summed E-state index contributed by atoms with van der Waals surface area (Å²) in [5, 5.41) is 7.33. The van der Waals surface area contributed by atoms with Crippen LogP contribution < -0.4 is 14.8 Å². The molecule has 1 aliphatic carbocycles. The van der Waals surface area contributed by atoms with Crippen molar-refractivity contribution in [3.8, 4) is 17.0 Å². The number of ether oxygens (including phenoxy) is 1. The van der Waals surface area contributed by atoms with E-state index in [1.165, 1.54) is 4.68 Å². The molecule has 0 radical (unpaired) electrons. The van der Waals surface area contributed by atoms with E-state index in [1.807, 2.05) is 13.0 Å². The summed E-state index contributed by atoms with van der Waals surface area (Å²) < 4.78 is 55.5. The minimum absolute atomic E-state index is 0.0190. The van der Waals surface area contributed by atoms with Crippen molar-refractivity contribution >= 4 is 28.8 Å². The molecule has 1 unspecified atom stereocenters. The van der Waals surface area contributed by atoms with Crippen LogP contribution in [0.25, 0.3) is 11.3 Å². The van der Waals surface area contributed by atoms with Crippen LogP contribution in [-0.2, 0) is 24.2 Å². The van der Waals surface area contributed by atoms with Gasteiger partial charge in [-0.15, -0.1) is 0 Å². The second-order valence-electron chi connectivity index (χ2n) is 10.6. The van der Waals surface area contributed by atoms with E-state index >= 15 is 0 Å². The Morgan fingerprint density at radius 3 is 2.54 bits per heavy atom. The highest BCUT2D eigenvalue weighted by Gasteiger charge is 2.27. The third kappa shape index (κ3) is 8.20. The highest BCUT2D eigenvalue weighted by atomic mass is 35.5. The lowest BCUT2D eigenvalue weighted by Gasteiger charge is -2.28. The molecule has 1 heterocycles. The van der Waals surface area contributed by atoms with Crippen molar-refractivity contribution in [3.05, 3.63) is 34.5 Å². The van der Waals surface area contributed by atoms with Gasteiger partial charge in [0.2, 0.25) is 11.3 Å². The number of hydrogen-bond acceptors (Lipinski definition) is 4. The second kappa shape index (κ2) is 12.6. The zero-order chi connectivity index (χ0) is 27.3. The molecule has 8 nitrogen and oxygen atoms in total. The van der Waals surface area contributed by atoms with Crippen LogP contribution in [0.4, 0.5) is 8.78 Å². The van der Waals surface area contributed by atoms with Gasteiger partial charge in [-0.3, -0.25) is 14.0 Å². The van der Waals surface area contributed by atoms with Crippen LogP contribution in [0.2, 0.25) is 5.02 Å². The molecular formula is C25H35ClF2N4O4S. The third-order valence-electron chi connectivity index (χ3n) is 6.33. The summed E-state index contributed by atoms with van der Waals surface area (Å²) in [6.45, 7) is 5.75. The van der Waals surface area contributed by atoms with E-state index in [4.69, 9.17) is 20.9 Å². The fraction of sp³-hybridized carbons (Fsp3) is 0.600. The van der Waals surface area contributed by atoms with Crippen LogP contribution in [0.15, 0.2) is 18.2 Å². The molecule has 12 heteroatoms. The molecule has 0 spiro atoms. The van der Waals surface area contributed by atoms with Gasteiger partial charge in [-0.2, -0.15) is 13.9 Å². The highest BCUT2D eigenvalue weighted by molar-refractivity contribution is 7.77. The van der Waals surface area contributed by atoms with E-state index in [-0.39, 0.29) is 33.8 Å². The molecule has 206 valence electrons.